The van der Waals surface area contributed by atoms with E-state index in [9.17, 15) is 4.79 Å². The summed E-state index contributed by atoms with van der Waals surface area (Å²) in [5, 5.41) is 8.73. The highest BCUT2D eigenvalue weighted by Crippen LogP contribution is 2.26. The Balaban J connectivity index is 1.51. The first-order chi connectivity index (χ1) is 14.0. The summed E-state index contributed by atoms with van der Waals surface area (Å²) in [7, 11) is 0. The van der Waals surface area contributed by atoms with Crippen LogP contribution in [0.5, 0.6) is 0 Å². The highest BCUT2D eigenvalue weighted by atomic mass is 79.9. The van der Waals surface area contributed by atoms with Crippen molar-refractivity contribution in [2.75, 3.05) is 11.9 Å². The molecule has 0 saturated heterocycles. The van der Waals surface area contributed by atoms with Crippen LogP contribution in [-0.2, 0) is 4.79 Å². The molecule has 1 heterocycles. The van der Waals surface area contributed by atoms with Crippen molar-refractivity contribution in [1.29, 1.82) is 0 Å². The number of hydrogen-bond donors (Lipinski definition) is 2. The molecule has 0 aliphatic carbocycles. The minimum atomic E-state index is -0.0928. The maximum atomic E-state index is 12.3. The number of nitrogens with one attached hydrogen (secondary N) is 2. The molecule has 152 valence electrons. The number of benzene rings is 2. The lowest BCUT2D eigenvalue weighted by atomic mass is 9.96. The minimum absolute atomic E-state index is 0.0928. The topological polar surface area (TPSA) is 54.0 Å². The molecular formula is C23H26BrN3OS. The van der Waals surface area contributed by atoms with Gasteiger partial charge in [0.15, 0.2) is 5.13 Å². The lowest BCUT2D eigenvalue weighted by molar-refractivity contribution is -0.115. The van der Waals surface area contributed by atoms with Crippen LogP contribution in [0.2, 0.25) is 0 Å². The Morgan fingerprint density at radius 3 is 2.38 bits per heavy atom. The van der Waals surface area contributed by atoms with Crippen molar-refractivity contribution >= 4 is 38.3 Å². The van der Waals surface area contributed by atoms with Crippen LogP contribution in [0.3, 0.4) is 0 Å². The molecule has 0 aliphatic heterocycles. The van der Waals surface area contributed by atoms with Crippen molar-refractivity contribution < 1.29 is 4.79 Å². The van der Waals surface area contributed by atoms with Crippen molar-refractivity contribution in [3.8, 4) is 11.3 Å². The zero-order valence-electron chi connectivity index (χ0n) is 16.9. The molecule has 1 amide bonds. The number of carbonyl (C=O) groups excluding carboxylic acids is 1. The van der Waals surface area contributed by atoms with Crippen molar-refractivity contribution in [2.45, 2.75) is 39.2 Å². The molecule has 2 atom stereocenters. The molecule has 1 aromatic heterocycles. The number of rotatable bonds is 8. The van der Waals surface area contributed by atoms with Crippen molar-refractivity contribution in [3.05, 3.63) is 69.5 Å². The largest absolute Gasteiger partial charge is 0.302 e. The monoisotopic (exact) mass is 471 g/mol. The zero-order chi connectivity index (χ0) is 20.8. The first-order valence-electron chi connectivity index (χ1n) is 9.80. The van der Waals surface area contributed by atoms with E-state index < -0.39 is 0 Å². The smallest absolute Gasteiger partial charge is 0.240 e. The second kappa shape index (κ2) is 10.1. The lowest BCUT2D eigenvalue weighted by Gasteiger charge is -2.15. The van der Waals surface area contributed by atoms with Gasteiger partial charge in [-0.05, 0) is 42.5 Å². The summed E-state index contributed by atoms with van der Waals surface area (Å²) < 4.78 is 1.03. The molecule has 29 heavy (non-hydrogen) atoms. The Bertz CT molecular complexity index is 938. The highest BCUT2D eigenvalue weighted by Gasteiger charge is 2.11. The van der Waals surface area contributed by atoms with E-state index in [1.165, 1.54) is 22.5 Å². The van der Waals surface area contributed by atoms with E-state index in [-0.39, 0.29) is 18.5 Å². The molecule has 3 rings (SSSR count). The maximum Gasteiger partial charge on any atom is 0.240 e. The number of anilines is 1. The van der Waals surface area contributed by atoms with Gasteiger partial charge in [-0.1, -0.05) is 66.2 Å². The standard InChI is InChI=1S/C23H26BrN3OS/c1-4-15(2)17-5-7-18(8-6-17)16(3)25-13-22(28)27-23-26-21(14-29-23)19-9-11-20(24)12-10-19/h5-12,14-16,25H,4,13H2,1-3H3,(H,26,27,28)/t15-,16-/m1/s1. The molecule has 3 aromatic rings. The summed E-state index contributed by atoms with van der Waals surface area (Å²) in [6.45, 7) is 6.75. The number of nitrogens with zero attached hydrogens (tertiary/aromatic N) is 1. The summed E-state index contributed by atoms with van der Waals surface area (Å²) >= 11 is 4.86. The van der Waals surface area contributed by atoms with Gasteiger partial charge in [0, 0.05) is 21.5 Å². The van der Waals surface area contributed by atoms with E-state index in [1.54, 1.807) is 0 Å². The van der Waals surface area contributed by atoms with Gasteiger partial charge in [0.25, 0.3) is 0 Å². The second-order valence-electron chi connectivity index (χ2n) is 7.17. The van der Waals surface area contributed by atoms with Gasteiger partial charge in [0.1, 0.15) is 0 Å². The number of hydrogen-bond acceptors (Lipinski definition) is 4. The molecule has 4 nitrogen and oxygen atoms in total. The van der Waals surface area contributed by atoms with Gasteiger partial charge < -0.3 is 10.6 Å². The fourth-order valence-electron chi connectivity index (χ4n) is 2.96. The van der Waals surface area contributed by atoms with E-state index in [4.69, 9.17) is 0 Å². The number of thiazole rings is 1. The van der Waals surface area contributed by atoms with Gasteiger partial charge >= 0.3 is 0 Å². The van der Waals surface area contributed by atoms with Gasteiger partial charge in [0.05, 0.1) is 12.2 Å². The van der Waals surface area contributed by atoms with Gasteiger partial charge in [-0.3, -0.25) is 4.79 Å². The van der Waals surface area contributed by atoms with Crippen molar-refractivity contribution in [2.24, 2.45) is 0 Å². The number of aromatic nitrogens is 1. The summed E-state index contributed by atoms with van der Waals surface area (Å²) in [6, 6.07) is 16.7. The van der Waals surface area contributed by atoms with Crippen LogP contribution in [0.25, 0.3) is 11.3 Å². The zero-order valence-corrected chi connectivity index (χ0v) is 19.3. The Kier molecular flexibility index (Phi) is 7.58. The van der Waals surface area contributed by atoms with Crippen LogP contribution in [-0.4, -0.2) is 17.4 Å². The summed E-state index contributed by atoms with van der Waals surface area (Å²) in [4.78, 5) is 16.8. The molecule has 6 heteroatoms. The third-order valence-electron chi connectivity index (χ3n) is 5.08. The van der Waals surface area contributed by atoms with Crippen LogP contribution in [0.15, 0.2) is 58.4 Å². The quantitative estimate of drug-likeness (QED) is 0.400. The third-order valence-corrected chi connectivity index (χ3v) is 6.36. The Labute approximate surface area is 184 Å². The normalized spacial score (nSPS) is 13.1. The predicted octanol–water partition coefficient (Wildman–Crippen LogP) is 6.38. The van der Waals surface area contributed by atoms with Gasteiger partial charge in [-0.2, -0.15) is 0 Å². The van der Waals surface area contributed by atoms with Crippen molar-refractivity contribution in [1.82, 2.24) is 10.3 Å². The molecule has 0 unspecified atom stereocenters. The van der Waals surface area contributed by atoms with E-state index >= 15 is 0 Å². The third kappa shape index (κ3) is 5.98. The van der Waals surface area contributed by atoms with Gasteiger partial charge in [-0.15, -0.1) is 11.3 Å². The van der Waals surface area contributed by atoms with Gasteiger partial charge in [0.2, 0.25) is 5.91 Å². The first kappa shape index (κ1) is 21.7. The van der Waals surface area contributed by atoms with E-state index in [2.05, 4.69) is 76.6 Å². The number of halogens is 1. The molecule has 0 radical (unpaired) electrons. The molecule has 2 aromatic carbocycles. The molecule has 0 aliphatic rings. The maximum absolute atomic E-state index is 12.3. The van der Waals surface area contributed by atoms with Crippen LogP contribution >= 0.6 is 27.3 Å². The van der Waals surface area contributed by atoms with E-state index in [0.717, 1.165) is 22.2 Å². The molecule has 0 fully saturated rings. The summed E-state index contributed by atoms with van der Waals surface area (Å²) in [6.07, 6.45) is 1.13. The first-order valence-corrected chi connectivity index (χ1v) is 11.5. The fraction of sp³-hybridized carbons (Fsp3) is 0.304. The minimum Gasteiger partial charge on any atom is -0.302 e. The second-order valence-corrected chi connectivity index (χ2v) is 8.95. The Morgan fingerprint density at radius 2 is 1.72 bits per heavy atom. The fourth-order valence-corrected chi connectivity index (χ4v) is 3.96. The molecular weight excluding hydrogens is 446 g/mol. The van der Waals surface area contributed by atoms with Crippen LogP contribution in [0, 0.1) is 0 Å². The summed E-state index contributed by atoms with van der Waals surface area (Å²) in [5.41, 5.74) is 4.42. The van der Waals surface area contributed by atoms with Crippen LogP contribution in [0.1, 0.15) is 50.3 Å². The predicted molar refractivity (Wildman–Crippen MR) is 125 cm³/mol. The molecule has 0 bridgehead atoms. The molecule has 2 N–H and O–H groups in total. The van der Waals surface area contributed by atoms with Crippen molar-refractivity contribution in [3.63, 3.8) is 0 Å². The van der Waals surface area contributed by atoms with E-state index in [1.807, 2.05) is 29.6 Å². The lowest BCUT2D eigenvalue weighted by Crippen LogP contribution is -2.30. The van der Waals surface area contributed by atoms with Gasteiger partial charge in [-0.25, -0.2) is 4.98 Å². The number of amides is 1. The molecule has 0 saturated carbocycles. The van der Waals surface area contributed by atoms with E-state index in [0.29, 0.717) is 11.0 Å². The van der Waals surface area contributed by atoms with Crippen LogP contribution in [0.4, 0.5) is 5.13 Å². The highest BCUT2D eigenvalue weighted by molar-refractivity contribution is 9.10. The average molecular weight is 472 g/mol. The van der Waals surface area contributed by atoms with Crippen LogP contribution < -0.4 is 10.6 Å². The number of carbonyl (C=O) groups is 1. The average Bonchev–Trinajstić information content (AvgIpc) is 3.20. The molecule has 0 spiro atoms. The Morgan fingerprint density at radius 1 is 1.07 bits per heavy atom. The Hall–Kier alpha value is -2.02. The summed E-state index contributed by atoms with van der Waals surface area (Å²) in [5.74, 6) is 0.475. The SMILES string of the molecule is CC[C@@H](C)c1ccc([C@@H](C)NCC(=O)Nc2nc(-c3ccc(Br)cc3)cs2)cc1.